The third-order valence-electron chi connectivity index (χ3n) is 5.86. The quantitative estimate of drug-likeness (QED) is 0.651. The lowest BCUT2D eigenvalue weighted by Gasteiger charge is -2.38. The number of likely N-dealkylation sites (tertiary alicyclic amines) is 1. The molecule has 1 aliphatic heterocycles. The Labute approximate surface area is 161 Å². The van der Waals surface area contributed by atoms with Crippen LogP contribution < -0.4 is 10.1 Å². The topological polar surface area (TPSA) is 54.7 Å². The van der Waals surface area contributed by atoms with Gasteiger partial charge in [-0.2, -0.15) is 5.10 Å². The van der Waals surface area contributed by atoms with Crippen molar-refractivity contribution in [1.29, 1.82) is 0 Å². The molecule has 4 rings (SSSR count). The van der Waals surface area contributed by atoms with Gasteiger partial charge in [0.2, 0.25) is 0 Å². The highest BCUT2D eigenvalue weighted by molar-refractivity contribution is 5.80. The highest BCUT2D eigenvalue weighted by Crippen LogP contribution is 2.47. The summed E-state index contributed by atoms with van der Waals surface area (Å²) in [4.78, 5) is 7.29. The molecule has 1 saturated heterocycles. The highest BCUT2D eigenvalue weighted by atomic mass is 16.5. The Morgan fingerprint density at radius 3 is 2.67 bits per heavy atom. The van der Waals surface area contributed by atoms with E-state index in [0.717, 1.165) is 42.7 Å². The molecule has 1 aromatic heterocycles. The van der Waals surface area contributed by atoms with Crippen LogP contribution in [0.1, 0.15) is 38.3 Å². The van der Waals surface area contributed by atoms with Crippen molar-refractivity contribution >= 4 is 5.96 Å². The third kappa shape index (κ3) is 3.80. The van der Waals surface area contributed by atoms with Crippen molar-refractivity contribution in [3.63, 3.8) is 0 Å². The molecular formula is C21H29N5O. The number of methoxy groups -OCH3 is 1. The number of rotatable bonds is 5. The zero-order valence-electron chi connectivity index (χ0n) is 16.3. The molecule has 2 aromatic rings. The Morgan fingerprint density at radius 2 is 2.04 bits per heavy atom. The number of hydrogen-bond donors (Lipinski definition) is 1. The second kappa shape index (κ2) is 7.62. The van der Waals surface area contributed by atoms with Crippen molar-refractivity contribution in [3.05, 3.63) is 42.2 Å². The Kier molecular flexibility index (Phi) is 5.05. The van der Waals surface area contributed by atoms with E-state index in [1.807, 2.05) is 41.2 Å². The van der Waals surface area contributed by atoms with E-state index in [9.17, 15) is 0 Å². The number of ether oxygens (including phenoxy) is 1. The van der Waals surface area contributed by atoms with Crippen molar-refractivity contribution in [3.8, 4) is 11.4 Å². The van der Waals surface area contributed by atoms with E-state index >= 15 is 0 Å². The zero-order valence-corrected chi connectivity index (χ0v) is 16.3. The fraction of sp³-hybridized carbons (Fsp3) is 0.524. The zero-order chi connectivity index (χ0) is 18.7. The fourth-order valence-corrected chi connectivity index (χ4v) is 4.11. The van der Waals surface area contributed by atoms with Gasteiger partial charge in [0, 0.05) is 25.8 Å². The van der Waals surface area contributed by atoms with Gasteiger partial charge >= 0.3 is 0 Å². The van der Waals surface area contributed by atoms with Gasteiger partial charge in [-0.3, -0.25) is 0 Å². The summed E-state index contributed by atoms with van der Waals surface area (Å²) in [6.07, 6.45) is 7.46. The minimum Gasteiger partial charge on any atom is -0.497 e. The molecule has 0 bridgehead atoms. The van der Waals surface area contributed by atoms with Gasteiger partial charge in [0.15, 0.2) is 5.96 Å². The van der Waals surface area contributed by atoms with E-state index in [1.165, 1.54) is 25.7 Å². The first-order chi connectivity index (χ1) is 13.2. The van der Waals surface area contributed by atoms with Crippen LogP contribution in [-0.2, 0) is 6.54 Å². The van der Waals surface area contributed by atoms with Crippen molar-refractivity contribution < 1.29 is 4.74 Å². The van der Waals surface area contributed by atoms with Gasteiger partial charge in [-0.05, 0) is 61.9 Å². The minimum absolute atomic E-state index is 0.576. The fourth-order valence-electron chi connectivity index (χ4n) is 4.11. The second-order valence-electron chi connectivity index (χ2n) is 7.64. The van der Waals surface area contributed by atoms with Crippen LogP contribution in [0.15, 0.2) is 41.5 Å². The van der Waals surface area contributed by atoms with Crippen LogP contribution in [0.3, 0.4) is 0 Å². The Hall–Kier alpha value is -2.50. The maximum Gasteiger partial charge on any atom is 0.194 e. The molecule has 0 radical (unpaired) electrons. The molecule has 2 heterocycles. The van der Waals surface area contributed by atoms with Crippen molar-refractivity contribution in [2.75, 3.05) is 26.7 Å². The number of nitrogens with zero attached hydrogens (tertiary/aromatic N) is 4. The first-order valence-electron chi connectivity index (χ1n) is 9.94. The molecule has 2 fully saturated rings. The number of benzene rings is 1. The number of nitrogens with one attached hydrogen (secondary N) is 1. The largest absolute Gasteiger partial charge is 0.497 e. The first kappa shape index (κ1) is 17.9. The molecule has 144 valence electrons. The lowest BCUT2D eigenvalue weighted by Crippen LogP contribution is -2.42. The molecule has 0 unspecified atom stereocenters. The molecule has 27 heavy (non-hydrogen) atoms. The van der Waals surface area contributed by atoms with E-state index in [1.54, 1.807) is 7.11 Å². The summed E-state index contributed by atoms with van der Waals surface area (Å²) >= 11 is 0. The summed E-state index contributed by atoms with van der Waals surface area (Å²) in [5.41, 5.74) is 2.56. The molecule has 0 amide bonds. The molecule has 1 saturated carbocycles. The summed E-state index contributed by atoms with van der Waals surface area (Å²) < 4.78 is 7.10. The normalized spacial score (nSPS) is 18.6. The SMILES string of the molecule is CCNC(=NCc1ccn(-c2ccc(OC)cc2)n1)N1CCC2(CCC2)C1. The molecule has 1 N–H and O–H groups in total. The van der Waals surface area contributed by atoms with Gasteiger partial charge in [0.25, 0.3) is 0 Å². The van der Waals surface area contributed by atoms with E-state index < -0.39 is 0 Å². The number of guanidine groups is 1. The lowest BCUT2D eigenvalue weighted by atomic mass is 9.68. The van der Waals surface area contributed by atoms with Gasteiger partial charge in [0.05, 0.1) is 25.0 Å². The lowest BCUT2D eigenvalue weighted by molar-refractivity contribution is 0.151. The minimum atomic E-state index is 0.576. The predicted octanol–water partition coefficient (Wildman–Crippen LogP) is 3.22. The molecule has 0 atom stereocenters. The monoisotopic (exact) mass is 367 g/mol. The molecule has 1 spiro atoms. The summed E-state index contributed by atoms with van der Waals surface area (Å²) in [5, 5.41) is 8.13. The van der Waals surface area contributed by atoms with Gasteiger partial charge < -0.3 is 15.0 Å². The summed E-state index contributed by atoms with van der Waals surface area (Å²) in [5.74, 6) is 1.88. The van der Waals surface area contributed by atoms with E-state index in [0.29, 0.717) is 12.0 Å². The molecule has 1 aromatic carbocycles. The Bertz CT molecular complexity index is 791. The highest BCUT2D eigenvalue weighted by Gasteiger charge is 2.43. The average molecular weight is 367 g/mol. The maximum absolute atomic E-state index is 5.21. The molecule has 1 aliphatic carbocycles. The molecular weight excluding hydrogens is 338 g/mol. The van der Waals surface area contributed by atoms with E-state index in [2.05, 4.69) is 22.2 Å². The standard InChI is InChI=1S/C21H29N5O/c1-3-22-20(25-14-12-21(16-25)10-4-11-21)23-15-17-9-13-26(24-17)18-5-7-19(27-2)8-6-18/h5-9,13H,3-4,10-12,14-16H2,1-2H3,(H,22,23). The first-order valence-corrected chi connectivity index (χ1v) is 9.94. The summed E-state index contributed by atoms with van der Waals surface area (Å²) in [6.45, 7) is 5.88. The molecule has 6 nitrogen and oxygen atoms in total. The van der Waals surface area contributed by atoms with Crippen molar-refractivity contribution in [2.45, 2.75) is 39.2 Å². The predicted molar refractivity (Wildman–Crippen MR) is 107 cm³/mol. The van der Waals surface area contributed by atoms with E-state index in [4.69, 9.17) is 9.73 Å². The Morgan fingerprint density at radius 1 is 1.22 bits per heavy atom. The Balaban J connectivity index is 1.43. The number of aromatic nitrogens is 2. The van der Waals surface area contributed by atoms with Gasteiger partial charge in [-0.1, -0.05) is 6.42 Å². The molecule has 6 heteroatoms. The molecule has 2 aliphatic rings. The third-order valence-corrected chi connectivity index (χ3v) is 5.86. The summed E-state index contributed by atoms with van der Waals surface area (Å²) in [7, 11) is 1.67. The van der Waals surface area contributed by atoms with Crippen LogP contribution >= 0.6 is 0 Å². The summed E-state index contributed by atoms with van der Waals surface area (Å²) in [6, 6.07) is 9.94. The average Bonchev–Trinajstić information content (AvgIpc) is 3.32. The van der Waals surface area contributed by atoms with Gasteiger partial charge in [0.1, 0.15) is 5.75 Å². The van der Waals surface area contributed by atoms with Crippen molar-refractivity contribution in [1.82, 2.24) is 20.0 Å². The smallest absolute Gasteiger partial charge is 0.194 e. The second-order valence-corrected chi connectivity index (χ2v) is 7.64. The van der Waals surface area contributed by atoms with Gasteiger partial charge in [-0.25, -0.2) is 9.67 Å². The van der Waals surface area contributed by atoms with Gasteiger partial charge in [-0.15, -0.1) is 0 Å². The van der Waals surface area contributed by atoms with Crippen LogP contribution in [0.2, 0.25) is 0 Å². The van der Waals surface area contributed by atoms with Crippen LogP contribution in [0.5, 0.6) is 5.75 Å². The van der Waals surface area contributed by atoms with Crippen LogP contribution in [-0.4, -0.2) is 47.4 Å². The van der Waals surface area contributed by atoms with Crippen molar-refractivity contribution in [2.24, 2.45) is 10.4 Å². The number of hydrogen-bond acceptors (Lipinski definition) is 3. The maximum atomic E-state index is 5.21. The number of aliphatic imine (C=N–C) groups is 1. The van der Waals surface area contributed by atoms with Crippen LogP contribution in [0.25, 0.3) is 5.69 Å². The van der Waals surface area contributed by atoms with E-state index in [-0.39, 0.29) is 0 Å². The van der Waals surface area contributed by atoms with Crippen LogP contribution in [0.4, 0.5) is 0 Å². The van der Waals surface area contributed by atoms with Crippen LogP contribution in [0, 0.1) is 5.41 Å².